The van der Waals surface area contributed by atoms with Crippen LogP contribution in [0.5, 0.6) is 0 Å². The largest absolute Gasteiger partial charge is 0.464 e. The van der Waals surface area contributed by atoms with E-state index in [1.165, 1.54) is 22.2 Å². The number of ether oxygens (including phenoxy) is 2. The van der Waals surface area contributed by atoms with Crippen molar-refractivity contribution < 1.29 is 19.1 Å². The molecule has 8 heteroatoms. The molecule has 0 aliphatic heterocycles. The van der Waals surface area contributed by atoms with Gasteiger partial charge >= 0.3 is 11.9 Å². The van der Waals surface area contributed by atoms with Gasteiger partial charge in [0.25, 0.3) is 5.56 Å². The average Bonchev–Trinajstić information content (AvgIpc) is 3.04. The Kier molecular flexibility index (Phi) is 6.69. The zero-order valence-corrected chi connectivity index (χ0v) is 15.4. The van der Waals surface area contributed by atoms with Crippen molar-refractivity contribution in [1.29, 1.82) is 0 Å². The smallest absolute Gasteiger partial charge is 0.339 e. The molecule has 0 N–H and O–H groups in total. The minimum atomic E-state index is -0.820. The topological polar surface area (TPSA) is 87.5 Å². The first kappa shape index (κ1) is 19.1. The zero-order valence-electron chi connectivity index (χ0n) is 14.6. The maximum absolute atomic E-state index is 12.8. The monoisotopic (exact) mass is 366 g/mol. The average molecular weight is 366 g/mol. The molecule has 2 aromatic rings. The highest BCUT2D eigenvalue weighted by Crippen LogP contribution is 2.22. The summed E-state index contributed by atoms with van der Waals surface area (Å²) >= 11 is 1.20. The molecule has 0 aromatic carbocycles. The van der Waals surface area contributed by atoms with E-state index in [9.17, 15) is 14.4 Å². The Hall–Kier alpha value is -2.22. The molecule has 0 spiro atoms. The molecule has 1 unspecified atom stereocenters. The Morgan fingerprint density at radius 3 is 2.68 bits per heavy atom. The van der Waals surface area contributed by atoms with Crippen molar-refractivity contribution in [2.24, 2.45) is 0 Å². The first-order valence-electron chi connectivity index (χ1n) is 8.33. The molecule has 25 heavy (non-hydrogen) atoms. The maximum atomic E-state index is 12.8. The molecule has 0 aliphatic carbocycles. The molecule has 7 nitrogen and oxygen atoms in total. The molecule has 0 amide bonds. The molecule has 2 heterocycles. The Morgan fingerprint density at radius 1 is 1.24 bits per heavy atom. The van der Waals surface area contributed by atoms with Crippen LogP contribution in [0.4, 0.5) is 0 Å². The number of carbonyl (C=O) groups is 2. The summed E-state index contributed by atoms with van der Waals surface area (Å²) in [5, 5.41) is 1.75. The Balaban J connectivity index is 2.34. The van der Waals surface area contributed by atoms with E-state index >= 15 is 0 Å². The van der Waals surface area contributed by atoms with Gasteiger partial charge in [-0.2, -0.15) is 0 Å². The fraction of sp³-hybridized carbons (Fsp3) is 0.529. The minimum Gasteiger partial charge on any atom is -0.464 e. The number of carbonyl (C=O) groups excluding carboxylic acids is 2. The lowest BCUT2D eigenvalue weighted by molar-refractivity contribution is -0.147. The quantitative estimate of drug-likeness (QED) is 0.527. The lowest BCUT2D eigenvalue weighted by atomic mass is 10.2. The number of nitrogens with zero attached hydrogens (tertiary/aromatic N) is 2. The predicted molar refractivity (Wildman–Crippen MR) is 95.0 cm³/mol. The number of hydrogen-bond donors (Lipinski definition) is 0. The van der Waals surface area contributed by atoms with Gasteiger partial charge in [-0.15, -0.1) is 11.3 Å². The molecule has 0 saturated heterocycles. The van der Waals surface area contributed by atoms with Crippen molar-refractivity contribution in [1.82, 2.24) is 9.55 Å². The third kappa shape index (κ3) is 4.25. The molecular formula is C17H22N2O5S. The molecule has 0 radical (unpaired) electrons. The predicted octanol–water partition coefficient (Wildman–Crippen LogP) is 2.93. The summed E-state index contributed by atoms with van der Waals surface area (Å²) in [5.74, 6) is -1.05. The maximum Gasteiger partial charge on any atom is 0.339 e. The summed E-state index contributed by atoms with van der Waals surface area (Å²) in [5.41, 5.74) is -0.258. The van der Waals surface area contributed by atoms with Crippen molar-refractivity contribution >= 4 is 33.5 Å². The van der Waals surface area contributed by atoms with Crippen molar-refractivity contribution in [3.8, 4) is 0 Å². The highest BCUT2D eigenvalue weighted by atomic mass is 32.1. The normalized spacial score (nSPS) is 12.1. The van der Waals surface area contributed by atoms with Crippen LogP contribution in [0.25, 0.3) is 10.2 Å². The molecular weight excluding hydrogens is 344 g/mol. The second-order valence-electron chi connectivity index (χ2n) is 5.62. The minimum absolute atomic E-state index is 0.184. The van der Waals surface area contributed by atoms with Crippen molar-refractivity contribution in [2.75, 3.05) is 13.2 Å². The third-order valence-electron chi connectivity index (χ3n) is 3.68. The van der Waals surface area contributed by atoms with Gasteiger partial charge in [0, 0.05) is 5.38 Å². The van der Waals surface area contributed by atoms with Crippen LogP contribution in [0.1, 0.15) is 56.4 Å². The number of aromatic nitrogens is 2. The lowest BCUT2D eigenvalue weighted by Crippen LogP contribution is -2.30. The standard InChI is InChI=1S/C17H22N2O5S/c1-4-6-8-24-17(22)12-9-25-14-13(12)15(20)19(10-18-14)11(3)16(21)23-7-5-2/h9-11H,4-8H2,1-3H3. The van der Waals surface area contributed by atoms with Crippen molar-refractivity contribution in [3.05, 3.63) is 27.6 Å². The van der Waals surface area contributed by atoms with Crippen LogP contribution in [-0.2, 0) is 14.3 Å². The molecule has 0 bridgehead atoms. The molecule has 136 valence electrons. The number of esters is 2. The van der Waals surface area contributed by atoms with Crippen molar-refractivity contribution in [3.63, 3.8) is 0 Å². The van der Waals surface area contributed by atoms with Gasteiger partial charge in [-0.25, -0.2) is 14.6 Å². The van der Waals surface area contributed by atoms with E-state index < -0.39 is 23.5 Å². The van der Waals surface area contributed by atoms with Gasteiger partial charge in [0.05, 0.1) is 30.5 Å². The van der Waals surface area contributed by atoms with Crippen LogP contribution in [0.15, 0.2) is 16.5 Å². The van der Waals surface area contributed by atoms with Crippen LogP contribution in [0.2, 0.25) is 0 Å². The van der Waals surface area contributed by atoms with Gasteiger partial charge in [0.1, 0.15) is 10.9 Å². The van der Waals surface area contributed by atoms with Crippen LogP contribution in [-0.4, -0.2) is 34.7 Å². The second-order valence-corrected chi connectivity index (χ2v) is 6.48. The number of thiophene rings is 1. The zero-order chi connectivity index (χ0) is 18.4. The summed E-state index contributed by atoms with van der Waals surface area (Å²) in [4.78, 5) is 41.7. The molecule has 2 aromatic heterocycles. The van der Waals surface area contributed by atoms with Crippen LogP contribution < -0.4 is 5.56 Å². The van der Waals surface area contributed by atoms with Crippen LogP contribution >= 0.6 is 11.3 Å². The van der Waals surface area contributed by atoms with Gasteiger partial charge in [0.15, 0.2) is 0 Å². The first-order chi connectivity index (χ1) is 12.0. The summed E-state index contributed by atoms with van der Waals surface area (Å²) in [6.07, 6.45) is 3.67. The molecule has 2 rings (SSSR count). The molecule has 0 aliphatic rings. The molecule has 0 saturated carbocycles. The highest BCUT2D eigenvalue weighted by Gasteiger charge is 2.23. The number of unbranched alkanes of at least 4 members (excludes halogenated alkanes) is 1. The van der Waals surface area contributed by atoms with E-state index in [0.717, 1.165) is 12.8 Å². The van der Waals surface area contributed by atoms with E-state index in [2.05, 4.69) is 4.98 Å². The molecule has 1 atom stereocenters. The first-order valence-corrected chi connectivity index (χ1v) is 9.21. The Morgan fingerprint density at radius 2 is 2.00 bits per heavy atom. The van der Waals surface area contributed by atoms with Crippen molar-refractivity contribution in [2.45, 2.75) is 46.1 Å². The van der Waals surface area contributed by atoms with Gasteiger partial charge in [-0.1, -0.05) is 20.3 Å². The SMILES string of the molecule is CCCCOC(=O)c1csc2ncn(C(C)C(=O)OCCC)c(=O)c12. The van der Waals surface area contributed by atoms with Gasteiger partial charge in [-0.3, -0.25) is 9.36 Å². The van der Waals surface area contributed by atoms with Gasteiger partial charge in [-0.05, 0) is 19.8 Å². The lowest BCUT2D eigenvalue weighted by Gasteiger charge is -2.13. The summed E-state index contributed by atoms with van der Waals surface area (Å²) < 4.78 is 11.5. The second kappa shape index (κ2) is 8.75. The number of fused-ring (bicyclic) bond motifs is 1. The van der Waals surface area contributed by atoms with Gasteiger partial charge < -0.3 is 9.47 Å². The molecule has 0 fully saturated rings. The summed E-state index contributed by atoms with van der Waals surface area (Å²) in [6, 6.07) is -0.820. The van der Waals surface area contributed by atoms with E-state index in [1.54, 1.807) is 12.3 Å². The van der Waals surface area contributed by atoms with Gasteiger partial charge in [0.2, 0.25) is 0 Å². The van der Waals surface area contributed by atoms with E-state index in [1.807, 2.05) is 13.8 Å². The summed E-state index contributed by atoms with van der Waals surface area (Å²) in [6.45, 7) is 6.05. The van der Waals surface area contributed by atoms with E-state index in [4.69, 9.17) is 9.47 Å². The number of rotatable bonds is 8. The summed E-state index contributed by atoms with van der Waals surface area (Å²) in [7, 11) is 0. The fourth-order valence-corrected chi connectivity index (χ4v) is 3.06. The Bertz CT molecular complexity index is 811. The van der Waals surface area contributed by atoms with Crippen LogP contribution in [0.3, 0.4) is 0 Å². The fourth-order valence-electron chi connectivity index (χ4n) is 2.20. The van der Waals surface area contributed by atoms with E-state index in [0.29, 0.717) is 24.5 Å². The highest BCUT2D eigenvalue weighted by molar-refractivity contribution is 7.17. The van der Waals surface area contributed by atoms with E-state index in [-0.39, 0.29) is 10.9 Å². The number of hydrogen-bond acceptors (Lipinski definition) is 7. The third-order valence-corrected chi connectivity index (χ3v) is 4.56. The van der Waals surface area contributed by atoms with Crippen LogP contribution in [0, 0.1) is 0 Å². The Labute approximate surface area is 149 Å².